The smallest absolute Gasteiger partial charge is 0.203 e. The van der Waals surface area contributed by atoms with Crippen molar-refractivity contribution >= 4 is 0 Å². The summed E-state index contributed by atoms with van der Waals surface area (Å²) >= 11 is 0. The second kappa shape index (κ2) is 7.00. The van der Waals surface area contributed by atoms with E-state index < -0.39 is 6.10 Å². The Balaban J connectivity index is 2.31. The van der Waals surface area contributed by atoms with Gasteiger partial charge in [-0.25, -0.2) is 0 Å². The van der Waals surface area contributed by atoms with E-state index in [1.807, 2.05) is 12.1 Å². The van der Waals surface area contributed by atoms with E-state index in [2.05, 4.69) is 6.92 Å². The average molecular weight is 296 g/mol. The molecule has 0 amide bonds. The molecule has 1 aromatic carbocycles. The largest absolute Gasteiger partial charge is 0.493 e. The van der Waals surface area contributed by atoms with Crippen molar-refractivity contribution in [1.29, 1.82) is 0 Å². The van der Waals surface area contributed by atoms with Crippen molar-refractivity contribution in [1.82, 2.24) is 0 Å². The van der Waals surface area contributed by atoms with Crippen LogP contribution < -0.4 is 14.2 Å². The van der Waals surface area contributed by atoms with Crippen LogP contribution in [0.3, 0.4) is 0 Å². The molecule has 0 unspecified atom stereocenters. The Labute approximate surface area is 125 Å². The van der Waals surface area contributed by atoms with Gasteiger partial charge in [-0.1, -0.05) is 13.3 Å². The molecule has 0 radical (unpaired) electrons. The lowest BCUT2D eigenvalue weighted by atomic mass is 10.0. The Bertz CT molecular complexity index is 449. The van der Waals surface area contributed by atoms with Crippen LogP contribution in [0.4, 0.5) is 0 Å². The highest BCUT2D eigenvalue weighted by Crippen LogP contribution is 2.43. The van der Waals surface area contributed by atoms with Crippen LogP contribution in [-0.4, -0.2) is 38.6 Å². The molecule has 1 N–H and O–H groups in total. The molecule has 0 bridgehead atoms. The highest BCUT2D eigenvalue weighted by molar-refractivity contribution is 5.54. The van der Waals surface area contributed by atoms with Gasteiger partial charge in [0.15, 0.2) is 11.5 Å². The molecule has 5 nitrogen and oxygen atoms in total. The first-order valence-corrected chi connectivity index (χ1v) is 7.28. The number of ether oxygens (including phenoxy) is 4. The third kappa shape index (κ3) is 3.24. The molecule has 1 aliphatic rings. The number of methoxy groups -OCH3 is 3. The molecule has 1 aliphatic heterocycles. The number of aliphatic hydroxyl groups excluding tert-OH is 1. The molecule has 3 atom stereocenters. The highest BCUT2D eigenvalue weighted by atomic mass is 16.5. The topological polar surface area (TPSA) is 57.2 Å². The zero-order valence-electron chi connectivity index (χ0n) is 13.1. The SMILES string of the molecule is CCC[C@H]1C[C@@H](O)[C@@H](c2cc(OC)c(OC)c(OC)c2)O1. The van der Waals surface area contributed by atoms with Crippen molar-refractivity contribution < 1.29 is 24.1 Å². The van der Waals surface area contributed by atoms with Gasteiger partial charge in [0, 0.05) is 6.42 Å². The second-order valence-electron chi connectivity index (χ2n) is 5.23. The lowest BCUT2D eigenvalue weighted by molar-refractivity contribution is 0.00598. The minimum atomic E-state index is -0.510. The van der Waals surface area contributed by atoms with Gasteiger partial charge in [-0.2, -0.15) is 0 Å². The summed E-state index contributed by atoms with van der Waals surface area (Å²) in [6, 6.07) is 3.67. The number of rotatable bonds is 6. The van der Waals surface area contributed by atoms with Gasteiger partial charge in [-0.05, 0) is 24.1 Å². The zero-order chi connectivity index (χ0) is 15.4. The molecule has 1 aromatic rings. The zero-order valence-corrected chi connectivity index (χ0v) is 13.1. The quantitative estimate of drug-likeness (QED) is 0.874. The van der Waals surface area contributed by atoms with E-state index in [4.69, 9.17) is 18.9 Å². The van der Waals surface area contributed by atoms with Crippen LogP contribution in [0.1, 0.15) is 37.9 Å². The summed E-state index contributed by atoms with van der Waals surface area (Å²) in [6.07, 6.45) is 1.90. The number of hydrogen-bond donors (Lipinski definition) is 1. The van der Waals surface area contributed by atoms with Crippen LogP contribution in [0.2, 0.25) is 0 Å². The summed E-state index contributed by atoms with van der Waals surface area (Å²) in [5.41, 5.74) is 0.843. The van der Waals surface area contributed by atoms with Crippen LogP contribution in [0.25, 0.3) is 0 Å². The minimum absolute atomic E-state index is 0.106. The Morgan fingerprint density at radius 1 is 1.14 bits per heavy atom. The molecule has 0 aliphatic carbocycles. The summed E-state index contributed by atoms with van der Waals surface area (Å²) in [5, 5.41) is 10.3. The molecule has 118 valence electrons. The first kappa shape index (κ1) is 15.9. The van der Waals surface area contributed by atoms with Gasteiger partial charge < -0.3 is 24.1 Å². The normalized spacial score (nSPS) is 24.9. The third-order valence-corrected chi connectivity index (χ3v) is 3.82. The lowest BCUT2D eigenvalue weighted by Crippen LogP contribution is -2.12. The third-order valence-electron chi connectivity index (χ3n) is 3.82. The predicted octanol–water partition coefficient (Wildman–Crippen LogP) is 2.70. The monoisotopic (exact) mass is 296 g/mol. The van der Waals surface area contributed by atoms with Crippen LogP contribution >= 0.6 is 0 Å². The van der Waals surface area contributed by atoms with Gasteiger partial charge in [0.25, 0.3) is 0 Å². The van der Waals surface area contributed by atoms with Crippen molar-refractivity contribution in [2.75, 3.05) is 21.3 Å². The van der Waals surface area contributed by atoms with Crippen molar-refractivity contribution in [3.05, 3.63) is 17.7 Å². The maximum absolute atomic E-state index is 10.3. The van der Waals surface area contributed by atoms with Crippen LogP contribution in [0.15, 0.2) is 12.1 Å². The van der Waals surface area contributed by atoms with E-state index in [0.717, 1.165) is 18.4 Å². The number of benzene rings is 1. The minimum Gasteiger partial charge on any atom is -0.493 e. The Morgan fingerprint density at radius 2 is 1.76 bits per heavy atom. The van der Waals surface area contributed by atoms with Gasteiger partial charge in [0.1, 0.15) is 6.10 Å². The molecular weight excluding hydrogens is 272 g/mol. The van der Waals surface area contributed by atoms with Gasteiger partial charge in [0.05, 0.1) is 33.5 Å². The van der Waals surface area contributed by atoms with Crippen molar-refractivity contribution in [2.24, 2.45) is 0 Å². The van der Waals surface area contributed by atoms with Crippen LogP contribution in [-0.2, 0) is 4.74 Å². The Kier molecular flexibility index (Phi) is 5.31. The molecule has 1 heterocycles. The summed E-state index contributed by atoms with van der Waals surface area (Å²) in [5.74, 6) is 1.68. The molecule has 2 rings (SSSR count). The lowest BCUT2D eigenvalue weighted by Gasteiger charge is -2.19. The molecule has 0 spiro atoms. The van der Waals surface area contributed by atoms with Gasteiger partial charge in [-0.15, -0.1) is 0 Å². The Hall–Kier alpha value is -1.46. The molecule has 21 heavy (non-hydrogen) atoms. The van der Waals surface area contributed by atoms with E-state index in [-0.39, 0.29) is 12.2 Å². The molecule has 5 heteroatoms. The number of hydrogen-bond acceptors (Lipinski definition) is 5. The van der Waals surface area contributed by atoms with Crippen molar-refractivity contribution in [2.45, 2.75) is 44.5 Å². The fourth-order valence-corrected chi connectivity index (χ4v) is 2.82. The molecule has 1 fully saturated rings. The van der Waals surface area contributed by atoms with Crippen molar-refractivity contribution in [3.8, 4) is 17.2 Å². The fourth-order valence-electron chi connectivity index (χ4n) is 2.82. The van der Waals surface area contributed by atoms with Gasteiger partial charge in [-0.3, -0.25) is 0 Å². The van der Waals surface area contributed by atoms with E-state index in [1.165, 1.54) is 0 Å². The first-order chi connectivity index (χ1) is 10.1. The first-order valence-electron chi connectivity index (χ1n) is 7.28. The van der Waals surface area contributed by atoms with E-state index in [0.29, 0.717) is 23.7 Å². The summed E-state index contributed by atoms with van der Waals surface area (Å²) in [4.78, 5) is 0. The van der Waals surface area contributed by atoms with E-state index >= 15 is 0 Å². The molecule has 0 saturated carbocycles. The van der Waals surface area contributed by atoms with E-state index in [1.54, 1.807) is 21.3 Å². The maximum Gasteiger partial charge on any atom is 0.203 e. The Morgan fingerprint density at radius 3 is 2.24 bits per heavy atom. The summed E-state index contributed by atoms with van der Waals surface area (Å²) in [7, 11) is 4.72. The van der Waals surface area contributed by atoms with Gasteiger partial charge >= 0.3 is 0 Å². The van der Waals surface area contributed by atoms with Gasteiger partial charge in [0.2, 0.25) is 5.75 Å². The predicted molar refractivity (Wildman–Crippen MR) is 79.2 cm³/mol. The molecular formula is C16H24O5. The van der Waals surface area contributed by atoms with Crippen molar-refractivity contribution in [3.63, 3.8) is 0 Å². The summed E-state index contributed by atoms with van der Waals surface area (Å²) < 4.78 is 22.0. The fraction of sp³-hybridized carbons (Fsp3) is 0.625. The standard InChI is InChI=1S/C16H24O5/c1-5-6-11-9-12(17)15(21-11)10-7-13(18-2)16(20-4)14(8-10)19-3/h7-8,11-12,15,17H,5-6,9H2,1-4H3/t11-,12+,15+/m0/s1. The molecule has 0 aromatic heterocycles. The van der Waals surface area contributed by atoms with Crippen LogP contribution in [0, 0.1) is 0 Å². The van der Waals surface area contributed by atoms with E-state index in [9.17, 15) is 5.11 Å². The second-order valence-corrected chi connectivity index (χ2v) is 5.23. The average Bonchev–Trinajstić information content (AvgIpc) is 2.86. The highest BCUT2D eigenvalue weighted by Gasteiger charge is 2.35. The summed E-state index contributed by atoms with van der Waals surface area (Å²) in [6.45, 7) is 2.11. The maximum atomic E-state index is 10.3. The van der Waals surface area contributed by atoms with Crippen LogP contribution in [0.5, 0.6) is 17.2 Å². The number of aliphatic hydroxyl groups is 1. The molecule has 1 saturated heterocycles.